The summed E-state index contributed by atoms with van der Waals surface area (Å²) in [7, 11) is 0. The lowest BCUT2D eigenvalue weighted by Crippen LogP contribution is -2.34. The number of aromatic carboxylic acids is 1. The summed E-state index contributed by atoms with van der Waals surface area (Å²) in [5.41, 5.74) is -1.74. The second-order valence-corrected chi connectivity index (χ2v) is 3.53. The third-order valence-corrected chi connectivity index (χ3v) is 2.53. The SMILES string of the molecule is CCN(CC)Cc1c(C(=O)O)[nH]c(=O)[nH]c1=O. The minimum atomic E-state index is -1.31. The minimum absolute atomic E-state index is 0.0702. The van der Waals surface area contributed by atoms with Crippen LogP contribution in [0.4, 0.5) is 0 Å². The van der Waals surface area contributed by atoms with Gasteiger partial charge in [0.25, 0.3) is 5.56 Å². The van der Waals surface area contributed by atoms with E-state index in [0.29, 0.717) is 13.1 Å². The van der Waals surface area contributed by atoms with Crippen LogP contribution in [-0.4, -0.2) is 39.0 Å². The summed E-state index contributed by atoms with van der Waals surface area (Å²) >= 11 is 0. The molecular formula is C10H15N3O4. The van der Waals surface area contributed by atoms with E-state index in [9.17, 15) is 14.4 Å². The van der Waals surface area contributed by atoms with Crippen LogP contribution in [0.15, 0.2) is 9.59 Å². The third-order valence-electron chi connectivity index (χ3n) is 2.53. The van der Waals surface area contributed by atoms with E-state index >= 15 is 0 Å². The van der Waals surface area contributed by atoms with Gasteiger partial charge < -0.3 is 10.1 Å². The zero-order valence-electron chi connectivity index (χ0n) is 9.74. The lowest BCUT2D eigenvalue weighted by atomic mass is 10.2. The highest BCUT2D eigenvalue weighted by Gasteiger charge is 2.17. The smallest absolute Gasteiger partial charge is 0.352 e. The number of aromatic amines is 2. The van der Waals surface area contributed by atoms with Crippen molar-refractivity contribution in [3.8, 4) is 0 Å². The molecule has 0 aliphatic carbocycles. The van der Waals surface area contributed by atoms with Gasteiger partial charge in [-0.15, -0.1) is 0 Å². The van der Waals surface area contributed by atoms with Gasteiger partial charge >= 0.3 is 11.7 Å². The molecule has 0 radical (unpaired) electrons. The fourth-order valence-electron chi connectivity index (χ4n) is 1.52. The Morgan fingerprint density at radius 1 is 1.24 bits per heavy atom. The molecule has 0 aromatic carbocycles. The molecule has 1 heterocycles. The molecule has 7 heteroatoms. The number of carboxylic acids is 1. The first-order chi connectivity index (χ1) is 7.99. The van der Waals surface area contributed by atoms with Gasteiger partial charge in [0.1, 0.15) is 5.69 Å². The Morgan fingerprint density at radius 3 is 2.29 bits per heavy atom. The number of aromatic nitrogens is 2. The maximum Gasteiger partial charge on any atom is 0.352 e. The lowest BCUT2D eigenvalue weighted by Gasteiger charge is -2.17. The highest BCUT2D eigenvalue weighted by Crippen LogP contribution is 2.02. The Labute approximate surface area is 97.1 Å². The quantitative estimate of drug-likeness (QED) is 0.650. The summed E-state index contributed by atoms with van der Waals surface area (Å²) in [6, 6.07) is 0. The Balaban J connectivity index is 3.26. The van der Waals surface area contributed by atoms with Crippen molar-refractivity contribution in [1.29, 1.82) is 0 Å². The molecule has 0 unspecified atom stereocenters. The molecule has 0 aliphatic heterocycles. The van der Waals surface area contributed by atoms with Crippen LogP contribution in [0.5, 0.6) is 0 Å². The van der Waals surface area contributed by atoms with E-state index < -0.39 is 17.2 Å². The highest BCUT2D eigenvalue weighted by atomic mass is 16.4. The molecule has 0 bridgehead atoms. The maximum absolute atomic E-state index is 11.6. The molecule has 0 spiro atoms. The largest absolute Gasteiger partial charge is 0.477 e. The second-order valence-electron chi connectivity index (χ2n) is 3.53. The van der Waals surface area contributed by atoms with Crippen LogP contribution >= 0.6 is 0 Å². The normalized spacial score (nSPS) is 10.8. The van der Waals surface area contributed by atoms with Gasteiger partial charge in [-0.25, -0.2) is 9.59 Å². The molecular weight excluding hydrogens is 226 g/mol. The van der Waals surface area contributed by atoms with Crippen molar-refractivity contribution in [2.45, 2.75) is 20.4 Å². The van der Waals surface area contributed by atoms with E-state index in [0.717, 1.165) is 0 Å². The van der Waals surface area contributed by atoms with Gasteiger partial charge in [0.15, 0.2) is 0 Å². The van der Waals surface area contributed by atoms with Crippen LogP contribution < -0.4 is 11.2 Å². The summed E-state index contributed by atoms with van der Waals surface area (Å²) in [6.45, 7) is 5.39. The summed E-state index contributed by atoms with van der Waals surface area (Å²) in [5.74, 6) is -1.31. The van der Waals surface area contributed by atoms with E-state index in [-0.39, 0.29) is 17.8 Å². The second kappa shape index (κ2) is 5.44. The maximum atomic E-state index is 11.6. The molecule has 1 rings (SSSR count). The zero-order valence-corrected chi connectivity index (χ0v) is 9.74. The molecule has 1 aromatic rings. The molecule has 0 fully saturated rings. The molecule has 7 nitrogen and oxygen atoms in total. The predicted molar refractivity (Wildman–Crippen MR) is 61.3 cm³/mol. The fourth-order valence-corrected chi connectivity index (χ4v) is 1.52. The van der Waals surface area contributed by atoms with Gasteiger partial charge in [0.2, 0.25) is 0 Å². The first-order valence-electron chi connectivity index (χ1n) is 5.30. The molecule has 0 aliphatic rings. The van der Waals surface area contributed by atoms with E-state index in [1.807, 2.05) is 23.7 Å². The molecule has 0 amide bonds. The van der Waals surface area contributed by atoms with Crippen LogP contribution in [0, 0.1) is 0 Å². The van der Waals surface area contributed by atoms with Crippen LogP contribution in [0.25, 0.3) is 0 Å². The molecule has 0 atom stereocenters. The Morgan fingerprint density at radius 2 is 1.82 bits per heavy atom. The molecule has 0 saturated heterocycles. The van der Waals surface area contributed by atoms with Gasteiger partial charge in [-0.3, -0.25) is 14.7 Å². The Kier molecular flexibility index (Phi) is 4.22. The molecule has 94 valence electrons. The fraction of sp³-hybridized carbons (Fsp3) is 0.500. The van der Waals surface area contributed by atoms with Crippen molar-refractivity contribution in [3.05, 3.63) is 32.1 Å². The van der Waals surface area contributed by atoms with Crippen molar-refractivity contribution in [2.24, 2.45) is 0 Å². The highest BCUT2D eigenvalue weighted by molar-refractivity contribution is 5.86. The van der Waals surface area contributed by atoms with Crippen LogP contribution in [0.3, 0.4) is 0 Å². The predicted octanol–water partition coefficient (Wildman–Crippen LogP) is -0.397. The first-order valence-corrected chi connectivity index (χ1v) is 5.30. The van der Waals surface area contributed by atoms with Crippen molar-refractivity contribution in [1.82, 2.24) is 14.9 Å². The summed E-state index contributed by atoms with van der Waals surface area (Å²) < 4.78 is 0. The zero-order chi connectivity index (χ0) is 13.0. The van der Waals surface area contributed by atoms with E-state index in [2.05, 4.69) is 4.98 Å². The van der Waals surface area contributed by atoms with E-state index in [4.69, 9.17) is 5.11 Å². The van der Waals surface area contributed by atoms with Crippen molar-refractivity contribution in [2.75, 3.05) is 13.1 Å². The number of hydrogen-bond donors (Lipinski definition) is 3. The van der Waals surface area contributed by atoms with Gasteiger partial charge in [0, 0.05) is 6.54 Å². The van der Waals surface area contributed by atoms with Crippen LogP contribution in [0.1, 0.15) is 29.9 Å². The Hall–Kier alpha value is -1.89. The first kappa shape index (κ1) is 13.2. The van der Waals surface area contributed by atoms with Gasteiger partial charge in [-0.05, 0) is 13.1 Å². The monoisotopic (exact) mass is 241 g/mol. The molecule has 3 N–H and O–H groups in total. The number of H-pyrrole nitrogens is 2. The average molecular weight is 241 g/mol. The van der Waals surface area contributed by atoms with Crippen LogP contribution in [-0.2, 0) is 6.54 Å². The van der Waals surface area contributed by atoms with Crippen molar-refractivity contribution in [3.63, 3.8) is 0 Å². The standard InChI is InChI=1S/C10H15N3O4/c1-3-13(4-2)5-6-7(9(15)16)11-10(17)12-8(6)14/h3-5H2,1-2H3,(H,15,16)(H2,11,12,14,17). The Bertz CT molecular complexity index is 513. The molecule has 1 aromatic heterocycles. The number of nitrogens with zero attached hydrogens (tertiary/aromatic N) is 1. The number of carbonyl (C=O) groups is 1. The average Bonchev–Trinajstić information content (AvgIpc) is 2.27. The van der Waals surface area contributed by atoms with Gasteiger partial charge in [-0.1, -0.05) is 13.8 Å². The van der Waals surface area contributed by atoms with Crippen molar-refractivity contribution >= 4 is 5.97 Å². The van der Waals surface area contributed by atoms with Crippen molar-refractivity contribution < 1.29 is 9.90 Å². The van der Waals surface area contributed by atoms with Crippen LogP contribution in [0.2, 0.25) is 0 Å². The number of rotatable bonds is 5. The summed E-state index contributed by atoms with van der Waals surface area (Å²) in [5, 5.41) is 8.93. The van der Waals surface area contributed by atoms with E-state index in [1.165, 1.54) is 0 Å². The van der Waals surface area contributed by atoms with Gasteiger partial charge in [0.05, 0.1) is 5.56 Å². The number of carboxylic acid groups (broad SMARTS) is 1. The van der Waals surface area contributed by atoms with E-state index in [1.54, 1.807) is 0 Å². The lowest BCUT2D eigenvalue weighted by molar-refractivity contribution is 0.0687. The number of nitrogens with one attached hydrogen (secondary N) is 2. The minimum Gasteiger partial charge on any atom is -0.477 e. The number of hydrogen-bond acceptors (Lipinski definition) is 4. The third kappa shape index (κ3) is 3.04. The topological polar surface area (TPSA) is 106 Å². The molecule has 0 saturated carbocycles. The summed E-state index contributed by atoms with van der Waals surface area (Å²) in [4.78, 5) is 39.6. The van der Waals surface area contributed by atoms with Gasteiger partial charge in [-0.2, -0.15) is 0 Å². The molecule has 17 heavy (non-hydrogen) atoms. The summed E-state index contributed by atoms with van der Waals surface area (Å²) in [6.07, 6.45) is 0.